The standard InChI is InChI=1S/C11H22O3S/c1-2-3-4-5-6-11(12)10-7-8-15(13,14)9-10/h10-12H,2-9H2,1H3. The summed E-state index contributed by atoms with van der Waals surface area (Å²) in [4.78, 5) is 0. The molecule has 1 rings (SSSR count). The van der Waals surface area contributed by atoms with Crippen molar-refractivity contribution in [2.24, 2.45) is 5.92 Å². The Morgan fingerprint density at radius 1 is 1.33 bits per heavy atom. The van der Waals surface area contributed by atoms with Crippen LogP contribution in [0.1, 0.15) is 45.4 Å². The SMILES string of the molecule is CCCCCCC(O)C1CCS(=O)(=O)C1. The van der Waals surface area contributed by atoms with E-state index in [1.54, 1.807) is 0 Å². The monoisotopic (exact) mass is 234 g/mol. The molecular formula is C11H22O3S. The lowest BCUT2D eigenvalue weighted by molar-refractivity contribution is 0.108. The molecule has 2 atom stereocenters. The second-order valence-electron chi connectivity index (χ2n) is 4.58. The molecule has 0 bridgehead atoms. The largest absolute Gasteiger partial charge is 0.393 e. The van der Waals surface area contributed by atoms with Crippen LogP contribution in [0.3, 0.4) is 0 Å². The normalized spacial score (nSPS) is 26.7. The zero-order chi connectivity index (χ0) is 11.3. The third-order valence-corrected chi connectivity index (χ3v) is 4.96. The summed E-state index contributed by atoms with van der Waals surface area (Å²) in [5.41, 5.74) is 0. The van der Waals surface area contributed by atoms with Gasteiger partial charge in [0.15, 0.2) is 9.84 Å². The highest BCUT2D eigenvalue weighted by atomic mass is 32.2. The Bertz CT molecular complexity index is 272. The van der Waals surface area contributed by atoms with E-state index in [4.69, 9.17) is 0 Å². The number of sulfone groups is 1. The smallest absolute Gasteiger partial charge is 0.150 e. The first-order chi connectivity index (χ1) is 7.05. The second kappa shape index (κ2) is 5.85. The molecule has 0 aromatic rings. The number of aliphatic hydroxyl groups is 1. The summed E-state index contributed by atoms with van der Waals surface area (Å²) in [7, 11) is -2.84. The number of hydrogen-bond donors (Lipinski definition) is 1. The van der Waals surface area contributed by atoms with Crippen LogP contribution in [0.25, 0.3) is 0 Å². The van der Waals surface area contributed by atoms with E-state index >= 15 is 0 Å². The molecule has 0 spiro atoms. The summed E-state index contributed by atoms with van der Waals surface area (Å²) >= 11 is 0. The highest BCUT2D eigenvalue weighted by Crippen LogP contribution is 2.24. The van der Waals surface area contributed by atoms with Gasteiger partial charge in [-0.1, -0.05) is 32.6 Å². The minimum Gasteiger partial charge on any atom is -0.393 e. The van der Waals surface area contributed by atoms with E-state index in [2.05, 4.69) is 6.92 Å². The van der Waals surface area contributed by atoms with Gasteiger partial charge >= 0.3 is 0 Å². The highest BCUT2D eigenvalue weighted by molar-refractivity contribution is 7.91. The molecule has 1 fully saturated rings. The molecule has 0 radical (unpaired) electrons. The number of hydrogen-bond acceptors (Lipinski definition) is 3. The van der Waals surface area contributed by atoms with Crippen LogP contribution in [0, 0.1) is 5.92 Å². The molecule has 0 saturated carbocycles. The van der Waals surface area contributed by atoms with Gasteiger partial charge in [-0.3, -0.25) is 0 Å². The van der Waals surface area contributed by atoms with Crippen LogP contribution in [0.2, 0.25) is 0 Å². The van der Waals surface area contributed by atoms with Crippen LogP contribution in [-0.2, 0) is 9.84 Å². The molecule has 0 aliphatic carbocycles. The fourth-order valence-corrected chi connectivity index (χ4v) is 4.01. The van der Waals surface area contributed by atoms with Crippen molar-refractivity contribution in [1.29, 1.82) is 0 Å². The lowest BCUT2D eigenvalue weighted by Crippen LogP contribution is -2.21. The van der Waals surface area contributed by atoms with Crippen molar-refractivity contribution < 1.29 is 13.5 Å². The highest BCUT2D eigenvalue weighted by Gasteiger charge is 2.32. The van der Waals surface area contributed by atoms with E-state index in [1.165, 1.54) is 12.8 Å². The van der Waals surface area contributed by atoms with Crippen molar-refractivity contribution in [3.8, 4) is 0 Å². The van der Waals surface area contributed by atoms with E-state index in [0.717, 1.165) is 19.3 Å². The van der Waals surface area contributed by atoms with E-state index in [9.17, 15) is 13.5 Å². The van der Waals surface area contributed by atoms with Gasteiger partial charge in [0.05, 0.1) is 17.6 Å². The fourth-order valence-electron chi connectivity index (χ4n) is 2.14. The van der Waals surface area contributed by atoms with E-state index in [-0.39, 0.29) is 17.4 Å². The lowest BCUT2D eigenvalue weighted by atomic mass is 9.97. The molecule has 90 valence electrons. The Labute approximate surface area is 92.8 Å². The average Bonchev–Trinajstić information content (AvgIpc) is 2.53. The summed E-state index contributed by atoms with van der Waals surface area (Å²) in [5, 5.41) is 9.82. The zero-order valence-corrected chi connectivity index (χ0v) is 10.3. The molecule has 1 N–H and O–H groups in total. The van der Waals surface area contributed by atoms with Crippen molar-refractivity contribution in [1.82, 2.24) is 0 Å². The van der Waals surface area contributed by atoms with E-state index in [1.807, 2.05) is 0 Å². The van der Waals surface area contributed by atoms with Gasteiger partial charge in [-0.15, -0.1) is 0 Å². The van der Waals surface area contributed by atoms with Gasteiger partial charge in [0.1, 0.15) is 0 Å². The molecule has 0 aromatic carbocycles. The molecular weight excluding hydrogens is 212 g/mol. The molecule has 0 aromatic heterocycles. The van der Waals surface area contributed by atoms with Crippen LogP contribution in [0.4, 0.5) is 0 Å². The van der Waals surface area contributed by atoms with Crippen molar-refractivity contribution in [2.45, 2.75) is 51.6 Å². The molecule has 1 aliphatic heterocycles. The van der Waals surface area contributed by atoms with E-state index in [0.29, 0.717) is 6.42 Å². The first-order valence-electron chi connectivity index (χ1n) is 5.93. The van der Waals surface area contributed by atoms with Crippen LogP contribution >= 0.6 is 0 Å². The summed E-state index contributed by atoms with van der Waals surface area (Å²) in [5.74, 6) is 0.461. The maximum absolute atomic E-state index is 11.2. The van der Waals surface area contributed by atoms with Crippen molar-refractivity contribution in [3.05, 3.63) is 0 Å². The van der Waals surface area contributed by atoms with Gasteiger partial charge in [-0.05, 0) is 18.8 Å². The third kappa shape index (κ3) is 4.51. The van der Waals surface area contributed by atoms with Crippen molar-refractivity contribution in [3.63, 3.8) is 0 Å². The van der Waals surface area contributed by atoms with Crippen molar-refractivity contribution in [2.75, 3.05) is 11.5 Å². The molecule has 2 unspecified atom stereocenters. The second-order valence-corrected chi connectivity index (χ2v) is 6.81. The maximum atomic E-state index is 11.2. The lowest BCUT2D eigenvalue weighted by Gasteiger charge is -2.16. The van der Waals surface area contributed by atoms with E-state index < -0.39 is 15.9 Å². The van der Waals surface area contributed by atoms with Gasteiger partial charge in [0.25, 0.3) is 0 Å². The first kappa shape index (κ1) is 13.0. The Morgan fingerprint density at radius 3 is 2.60 bits per heavy atom. The van der Waals surface area contributed by atoms with Crippen LogP contribution in [0.15, 0.2) is 0 Å². The van der Waals surface area contributed by atoms with Crippen LogP contribution < -0.4 is 0 Å². The van der Waals surface area contributed by atoms with Crippen LogP contribution in [-0.4, -0.2) is 31.1 Å². The van der Waals surface area contributed by atoms with Gasteiger partial charge in [-0.25, -0.2) is 8.42 Å². The third-order valence-electron chi connectivity index (χ3n) is 3.17. The molecule has 3 nitrogen and oxygen atoms in total. The van der Waals surface area contributed by atoms with Crippen molar-refractivity contribution >= 4 is 9.84 Å². The summed E-state index contributed by atoms with van der Waals surface area (Å²) in [6.07, 6.45) is 5.57. The van der Waals surface area contributed by atoms with Gasteiger partial charge in [-0.2, -0.15) is 0 Å². The average molecular weight is 234 g/mol. The minimum absolute atomic E-state index is 0.00312. The Hall–Kier alpha value is -0.0900. The molecule has 1 saturated heterocycles. The quantitative estimate of drug-likeness (QED) is 0.712. The van der Waals surface area contributed by atoms with Gasteiger partial charge < -0.3 is 5.11 Å². The predicted molar refractivity (Wildman–Crippen MR) is 61.5 cm³/mol. The first-order valence-corrected chi connectivity index (χ1v) is 7.76. The predicted octanol–water partition coefficient (Wildman–Crippen LogP) is 1.75. The molecule has 15 heavy (non-hydrogen) atoms. The zero-order valence-electron chi connectivity index (χ0n) is 9.48. The van der Waals surface area contributed by atoms with Crippen LogP contribution in [0.5, 0.6) is 0 Å². The Morgan fingerprint density at radius 2 is 2.07 bits per heavy atom. The molecule has 1 aliphatic rings. The maximum Gasteiger partial charge on any atom is 0.150 e. The van der Waals surface area contributed by atoms with Gasteiger partial charge in [0, 0.05) is 0 Å². The molecule has 1 heterocycles. The molecule has 4 heteroatoms. The topological polar surface area (TPSA) is 54.4 Å². The fraction of sp³-hybridized carbons (Fsp3) is 1.00. The summed E-state index contributed by atoms with van der Waals surface area (Å²) in [6.45, 7) is 2.15. The summed E-state index contributed by atoms with van der Waals surface area (Å²) in [6, 6.07) is 0. The number of rotatable bonds is 6. The van der Waals surface area contributed by atoms with Gasteiger partial charge in [0.2, 0.25) is 0 Å². The number of unbranched alkanes of at least 4 members (excludes halogenated alkanes) is 3. The Balaban J connectivity index is 2.21. The number of aliphatic hydroxyl groups excluding tert-OH is 1. The minimum atomic E-state index is -2.84. The Kier molecular flexibility index (Phi) is 5.06. The molecule has 0 amide bonds. The summed E-state index contributed by atoms with van der Waals surface area (Å²) < 4.78 is 22.4.